The molecular weight excluding hydrogens is 178 g/mol. The highest BCUT2D eigenvalue weighted by atomic mass is 32.1. The zero-order valence-corrected chi connectivity index (χ0v) is 9.23. The Labute approximate surface area is 84.4 Å². The van der Waals surface area contributed by atoms with Crippen LogP contribution in [0.25, 0.3) is 0 Å². The van der Waals surface area contributed by atoms with Crippen molar-refractivity contribution in [1.29, 1.82) is 0 Å². The molecule has 0 radical (unpaired) electrons. The Morgan fingerprint density at radius 2 is 2.46 bits per heavy atom. The number of likely N-dealkylation sites (tertiary alicyclic amines) is 1. The van der Waals surface area contributed by atoms with Crippen molar-refractivity contribution >= 4 is 11.3 Å². The Morgan fingerprint density at radius 3 is 2.92 bits per heavy atom. The molecule has 2 rings (SSSR count). The van der Waals surface area contributed by atoms with E-state index >= 15 is 0 Å². The van der Waals surface area contributed by atoms with Crippen molar-refractivity contribution in [2.75, 3.05) is 6.54 Å². The van der Waals surface area contributed by atoms with Gasteiger partial charge in [-0.3, -0.25) is 4.90 Å². The standard InChI is InChI=1S/C11H17NS/c1-3-10-4-6-12(10)8-11-9(2)5-7-13-11/h5,7,10H,3-4,6,8H2,1-2H3. The van der Waals surface area contributed by atoms with Crippen molar-refractivity contribution in [3.8, 4) is 0 Å². The van der Waals surface area contributed by atoms with Gasteiger partial charge in [-0.1, -0.05) is 6.92 Å². The number of rotatable bonds is 3. The lowest BCUT2D eigenvalue weighted by Gasteiger charge is -2.40. The van der Waals surface area contributed by atoms with Crippen LogP contribution in [0.1, 0.15) is 30.2 Å². The van der Waals surface area contributed by atoms with Gasteiger partial charge in [0.15, 0.2) is 0 Å². The fourth-order valence-corrected chi connectivity index (χ4v) is 2.85. The predicted octanol–water partition coefficient (Wildman–Crippen LogP) is 3.04. The summed E-state index contributed by atoms with van der Waals surface area (Å²) in [6.07, 6.45) is 2.71. The summed E-state index contributed by atoms with van der Waals surface area (Å²) in [6.45, 7) is 6.99. The summed E-state index contributed by atoms with van der Waals surface area (Å²) in [5.74, 6) is 0. The molecule has 72 valence electrons. The van der Waals surface area contributed by atoms with Crippen molar-refractivity contribution in [3.63, 3.8) is 0 Å². The van der Waals surface area contributed by atoms with Gasteiger partial charge < -0.3 is 0 Å². The van der Waals surface area contributed by atoms with Gasteiger partial charge in [-0.15, -0.1) is 11.3 Å². The van der Waals surface area contributed by atoms with E-state index in [0.717, 1.165) is 6.04 Å². The molecule has 1 aromatic heterocycles. The first-order valence-corrected chi connectivity index (χ1v) is 5.96. The highest BCUT2D eigenvalue weighted by Gasteiger charge is 2.26. The fourth-order valence-electron chi connectivity index (χ4n) is 1.92. The summed E-state index contributed by atoms with van der Waals surface area (Å²) in [6, 6.07) is 3.09. The van der Waals surface area contributed by atoms with E-state index in [4.69, 9.17) is 0 Å². The summed E-state index contributed by atoms with van der Waals surface area (Å²) >= 11 is 1.90. The highest BCUT2D eigenvalue weighted by molar-refractivity contribution is 7.10. The molecule has 2 heteroatoms. The summed E-state index contributed by atoms with van der Waals surface area (Å²) in [5, 5.41) is 2.20. The molecule has 0 aromatic carbocycles. The summed E-state index contributed by atoms with van der Waals surface area (Å²) < 4.78 is 0. The second-order valence-corrected chi connectivity index (χ2v) is 4.85. The first-order valence-electron chi connectivity index (χ1n) is 5.08. The van der Waals surface area contributed by atoms with Crippen molar-refractivity contribution in [3.05, 3.63) is 21.9 Å². The average Bonchev–Trinajstić information content (AvgIpc) is 2.46. The fraction of sp³-hybridized carbons (Fsp3) is 0.636. The molecule has 13 heavy (non-hydrogen) atoms. The summed E-state index contributed by atoms with van der Waals surface area (Å²) in [4.78, 5) is 4.15. The smallest absolute Gasteiger partial charge is 0.0333 e. The lowest BCUT2D eigenvalue weighted by atomic mass is 10.0. The monoisotopic (exact) mass is 195 g/mol. The van der Waals surface area contributed by atoms with Crippen molar-refractivity contribution in [2.45, 2.75) is 39.3 Å². The van der Waals surface area contributed by atoms with Crippen LogP contribution in [-0.4, -0.2) is 17.5 Å². The molecule has 1 aliphatic heterocycles. The number of hydrogen-bond donors (Lipinski definition) is 0. The van der Waals surface area contributed by atoms with E-state index in [0.29, 0.717) is 0 Å². The maximum absolute atomic E-state index is 2.60. The average molecular weight is 195 g/mol. The van der Waals surface area contributed by atoms with Gasteiger partial charge >= 0.3 is 0 Å². The molecule has 2 heterocycles. The van der Waals surface area contributed by atoms with E-state index in [2.05, 4.69) is 30.2 Å². The largest absolute Gasteiger partial charge is 0.295 e. The highest BCUT2D eigenvalue weighted by Crippen LogP contribution is 2.26. The lowest BCUT2D eigenvalue weighted by molar-refractivity contribution is 0.0801. The first-order chi connectivity index (χ1) is 6.31. The maximum Gasteiger partial charge on any atom is 0.0333 e. The molecule has 0 spiro atoms. The third-order valence-corrected chi connectivity index (χ3v) is 4.06. The van der Waals surface area contributed by atoms with Crippen LogP contribution in [0.5, 0.6) is 0 Å². The molecule has 1 saturated heterocycles. The maximum atomic E-state index is 2.60. The van der Waals surface area contributed by atoms with Gasteiger partial charge in [-0.2, -0.15) is 0 Å². The van der Waals surface area contributed by atoms with E-state index in [1.807, 2.05) is 11.3 Å². The first kappa shape index (κ1) is 9.22. The van der Waals surface area contributed by atoms with E-state index in [1.54, 1.807) is 4.88 Å². The molecule has 0 N–H and O–H groups in total. The Balaban J connectivity index is 1.95. The molecule has 0 saturated carbocycles. The minimum absolute atomic E-state index is 0.862. The van der Waals surface area contributed by atoms with Gasteiger partial charge in [0.1, 0.15) is 0 Å². The molecule has 0 amide bonds. The van der Waals surface area contributed by atoms with Gasteiger partial charge in [0.2, 0.25) is 0 Å². The van der Waals surface area contributed by atoms with Gasteiger partial charge in [0.05, 0.1) is 0 Å². The lowest BCUT2D eigenvalue weighted by Crippen LogP contribution is -2.46. The minimum atomic E-state index is 0.862. The Bertz CT molecular complexity index is 277. The van der Waals surface area contributed by atoms with Crippen molar-refractivity contribution in [1.82, 2.24) is 4.90 Å². The molecule has 1 fully saturated rings. The van der Waals surface area contributed by atoms with Crippen LogP contribution in [0.15, 0.2) is 11.4 Å². The quantitative estimate of drug-likeness (QED) is 0.716. The molecule has 1 nitrogen and oxygen atoms in total. The summed E-state index contributed by atoms with van der Waals surface area (Å²) in [7, 11) is 0. The molecule has 0 aliphatic carbocycles. The zero-order valence-electron chi connectivity index (χ0n) is 8.42. The number of aryl methyl sites for hydroxylation is 1. The van der Waals surface area contributed by atoms with Gasteiger partial charge in [0, 0.05) is 24.0 Å². The van der Waals surface area contributed by atoms with Crippen LogP contribution in [0.2, 0.25) is 0 Å². The van der Waals surface area contributed by atoms with Gasteiger partial charge in [-0.25, -0.2) is 0 Å². The van der Waals surface area contributed by atoms with Crippen LogP contribution < -0.4 is 0 Å². The Morgan fingerprint density at radius 1 is 1.62 bits per heavy atom. The SMILES string of the molecule is CCC1CCN1Cc1sccc1C. The van der Waals surface area contributed by atoms with Gasteiger partial charge in [-0.05, 0) is 36.8 Å². The summed E-state index contributed by atoms with van der Waals surface area (Å²) in [5.41, 5.74) is 1.46. The van der Waals surface area contributed by atoms with E-state index < -0.39 is 0 Å². The van der Waals surface area contributed by atoms with E-state index in [1.165, 1.54) is 31.5 Å². The Hall–Kier alpha value is -0.340. The minimum Gasteiger partial charge on any atom is -0.295 e. The van der Waals surface area contributed by atoms with Crippen LogP contribution in [0.3, 0.4) is 0 Å². The molecule has 1 aromatic rings. The number of nitrogens with zero attached hydrogens (tertiary/aromatic N) is 1. The predicted molar refractivity (Wildman–Crippen MR) is 58.2 cm³/mol. The third kappa shape index (κ3) is 1.79. The van der Waals surface area contributed by atoms with E-state index in [9.17, 15) is 0 Å². The van der Waals surface area contributed by atoms with Gasteiger partial charge in [0.25, 0.3) is 0 Å². The van der Waals surface area contributed by atoms with Crippen LogP contribution in [0, 0.1) is 6.92 Å². The van der Waals surface area contributed by atoms with Crippen LogP contribution in [-0.2, 0) is 6.54 Å². The van der Waals surface area contributed by atoms with E-state index in [-0.39, 0.29) is 0 Å². The van der Waals surface area contributed by atoms with Crippen LogP contribution >= 0.6 is 11.3 Å². The number of hydrogen-bond acceptors (Lipinski definition) is 2. The normalized spacial score (nSPS) is 23.1. The second kappa shape index (κ2) is 3.81. The van der Waals surface area contributed by atoms with Crippen LogP contribution in [0.4, 0.5) is 0 Å². The zero-order chi connectivity index (χ0) is 9.26. The van der Waals surface area contributed by atoms with Crippen molar-refractivity contribution < 1.29 is 0 Å². The molecule has 1 unspecified atom stereocenters. The number of thiophene rings is 1. The topological polar surface area (TPSA) is 3.24 Å². The third-order valence-electron chi connectivity index (χ3n) is 3.05. The Kier molecular flexibility index (Phi) is 2.70. The second-order valence-electron chi connectivity index (χ2n) is 3.85. The van der Waals surface area contributed by atoms with Crippen molar-refractivity contribution in [2.24, 2.45) is 0 Å². The molecule has 1 aliphatic rings. The molecule has 1 atom stereocenters. The molecule has 0 bridgehead atoms. The molecular formula is C11H17NS.